The van der Waals surface area contributed by atoms with Crippen molar-refractivity contribution in [2.45, 2.75) is 51.0 Å². The minimum Gasteiger partial charge on any atom is -0.378 e. The van der Waals surface area contributed by atoms with Crippen molar-refractivity contribution in [3.05, 3.63) is 0 Å². The molecule has 1 fully saturated rings. The van der Waals surface area contributed by atoms with Crippen LogP contribution in [0.25, 0.3) is 0 Å². The predicted molar refractivity (Wildman–Crippen MR) is 68.7 cm³/mol. The lowest BCUT2D eigenvalue weighted by molar-refractivity contribution is -0.182. The van der Waals surface area contributed by atoms with Crippen molar-refractivity contribution >= 4 is 17.7 Å². The van der Waals surface area contributed by atoms with Gasteiger partial charge in [0.1, 0.15) is 0 Å². The van der Waals surface area contributed by atoms with Gasteiger partial charge in [-0.15, -0.1) is 0 Å². The van der Waals surface area contributed by atoms with Gasteiger partial charge in [0.05, 0.1) is 10.9 Å². The van der Waals surface area contributed by atoms with Crippen LogP contribution in [0.15, 0.2) is 0 Å². The predicted octanol–water partition coefficient (Wildman–Crippen LogP) is 2.06. The van der Waals surface area contributed by atoms with E-state index in [1.807, 2.05) is 13.2 Å². The first kappa shape index (κ1) is 13.8. The number of nitrogens with one attached hydrogen (secondary N) is 1. The van der Waals surface area contributed by atoms with Crippen molar-refractivity contribution < 1.29 is 9.53 Å². The summed E-state index contributed by atoms with van der Waals surface area (Å²) in [6, 6.07) is 0.222. The molecule has 1 saturated carbocycles. The highest BCUT2D eigenvalue weighted by molar-refractivity contribution is 7.99. The van der Waals surface area contributed by atoms with Crippen LogP contribution in [0.1, 0.15) is 34.1 Å². The number of ether oxygens (including phenoxy) is 1. The fourth-order valence-electron chi connectivity index (χ4n) is 2.12. The topological polar surface area (TPSA) is 38.3 Å². The summed E-state index contributed by atoms with van der Waals surface area (Å²) < 4.78 is 5.53. The maximum absolute atomic E-state index is 11.8. The van der Waals surface area contributed by atoms with Gasteiger partial charge < -0.3 is 10.1 Å². The molecule has 1 amide bonds. The van der Waals surface area contributed by atoms with Crippen LogP contribution in [-0.2, 0) is 9.53 Å². The number of carbonyl (C=O) groups is 1. The molecule has 3 nitrogen and oxygen atoms in total. The summed E-state index contributed by atoms with van der Waals surface area (Å²) >= 11 is 1.57. The summed E-state index contributed by atoms with van der Waals surface area (Å²) in [4.78, 5) is 11.8. The Morgan fingerprint density at radius 1 is 1.50 bits per heavy atom. The van der Waals surface area contributed by atoms with E-state index in [2.05, 4.69) is 26.1 Å². The van der Waals surface area contributed by atoms with E-state index in [0.717, 1.165) is 6.42 Å². The van der Waals surface area contributed by atoms with Crippen molar-refractivity contribution in [1.82, 2.24) is 5.32 Å². The Hall–Kier alpha value is -0.220. The lowest BCUT2D eigenvalue weighted by Crippen LogP contribution is -2.69. The number of hydrogen-bond donors (Lipinski definition) is 1. The molecule has 1 rings (SSSR count). The Kier molecular flexibility index (Phi) is 3.95. The van der Waals surface area contributed by atoms with Gasteiger partial charge in [-0.2, -0.15) is 11.8 Å². The second-order valence-electron chi connectivity index (χ2n) is 5.30. The van der Waals surface area contributed by atoms with Gasteiger partial charge in [0, 0.05) is 18.6 Å². The smallest absolute Gasteiger partial charge is 0.233 e. The molecule has 0 spiro atoms. The number of rotatable bonds is 4. The van der Waals surface area contributed by atoms with Gasteiger partial charge in [-0.25, -0.2) is 0 Å². The van der Waals surface area contributed by atoms with Gasteiger partial charge >= 0.3 is 0 Å². The Labute approximate surface area is 103 Å². The fourth-order valence-corrected chi connectivity index (χ4v) is 2.40. The molecule has 1 aliphatic rings. The van der Waals surface area contributed by atoms with E-state index >= 15 is 0 Å². The van der Waals surface area contributed by atoms with Crippen LogP contribution in [0.3, 0.4) is 0 Å². The van der Waals surface area contributed by atoms with Crippen LogP contribution < -0.4 is 5.32 Å². The second kappa shape index (κ2) is 4.57. The molecule has 0 unspecified atom stereocenters. The first-order valence-electron chi connectivity index (χ1n) is 5.67. The van der Waals surface area contributed by atoms with Crippen molar-refractivity contribution in [2.24, 2.45) is 5.41 Å². The van der Waals surface area contributed by atoms with Crippen molar-refractivity contribution in [2.75, 3.05) is 13.4 Å². The average molecular weight is 245 g/mol. The molecule has 1 N–H and O–H groups in total. The van der Waals surface area contributed by atoms with E-state index < -0.39 is 0 Å². The summed E-state index contributed by atoms with van der Waals surface area (Å²) in [6.45, 7) is 8.33. The van der Waals surface area contributed by atoms with Crippen LogP contribution >= 0.6 is 11.8 Å². The highest BCUT2D eigenvalue weighted by Gasteiger charge is 2.58. The van der Waals surface area contributed by atoms with E-state index in [1.54, 1.807) is 18.9 Å². The monoisotopic (exact) mass is 245 g/mol. The molecule has 0 radical (unpaired) electrons. The van der Waals surface area contributed by atoms with E-state index in [0.29, 0.717) is 0 Å². The van der Waals surface area contributed by atoms with E-state index in [1.165, 1.54) is 0 Å². The van der Waals surface area contributed by atoms with Gasteiger partial charge in [0.2, 0.25) is 5.91 Å². The Balaban J connectivity index is 2.58. The molecular weight excluding hydrogens is 222 g/mol. The standard InChI is InChI=1S/C12H23NO2S/c1-8(16-6)10(14)13-9-7-12(4,15-5)11(9,2)3/h8-9H,7H2,1-6H3,(H,13,14)/t8-,9+,12-/m1/s1. The summed E-state index contributed by atoms with van der Waals surface area (Å²) in [6.07, 6.45) is 2.85. The normalized spacial score (nSPS) is 34.0. The molecule has 0 aromatic heterocycles. The van der Waals surface area contributed by atoms with Crippen molar-refractivity contribution in [1.29, 1.82) is 0 Å². The molecule has 4 heteroatoms. The molecule has 16 heavy (non-hydrogen) atoms. The third kappa shape index (κ3) is 2.09. The molecule has 0 aromatic rings. The molecule has 1 aliphatic carbocycles. The van der Waals surface area contributed by atoms with Crippen LogP contribution in [0, 0.1) is 5.41 Å². The Bertz CT molecular complexity index is 280. The average Bonchev–Trinajstić information content (AvgIpc) is 2.26. The highest BCUT2D eigenvalue weighted by Crippen LogP contribution is 2.51. The third-order valence-electron chi connectivity index (χ3n) is 4.32. The summed E-state index contributed by atoms with van der Waals surface area (Å²) in [5.74, 6) is 0.128. The lowest BCUT2D eigenvalue weighted by Gasteiger charge is -2.59. The molecule has 94 valence electrons. The van der Waals surface area contributed by atoms with Gasteiger partial charge in [0.15, 0.2) is 0 Å². The number of methoxy groups -OCH3 is 1. The largest absolute Gasteiger partial charge is 0.378 e. The summed E-state index contributed by atoms with van der Waals surface area (Å²) in [7, 11) is 1.74. The minimum atomic E-state index is -0.118. The number of hydrogen-bond acceptors (Lipinski definition) is 3. The quantitative estimate of drug-likeness (QED) is 0.824. The first-order valence-corrected chi connectivity index (χ1v) is 6.95. The Morgan fingerprint density at radius 3 is 2.44 bits per heavy atom. The summed E-state index contributed by atoms with van der Waals surface area (Å²) in [5.41, 5.74) is -0.122. The lowest BCUT2D eigenvalue weighted by atomic mass is 9.56. The van der Waals surface area contributed by atoms with Crippen LogP contribution in [-0.4, -0.2) is 36.2 Å². The van der Waals surface area contributed by atoms with Gasteiger partial charge in [-0.05, 0) is 26.5 Å². The summed E-state index contributed by atoms with van der Waals surface area (Å²) in [5, 5.41) is 3.13. The van der Waals surface area contributed by atoms with Crippen molar-refractivity contribution in [3.63, 3.8) is 0 Å². The zero-order chi connectivity index (χ0) is 12.6. The zero-order valence-electron chi connectivity index (χ0n) is 11.1. The first-order chi connectivity index (χ1) is 7.28. The highest BCUT2D eigenvalue weighted by atomic mass is 32.2. The molecule has 0 saturated heterocycles. The van der Waals surface area contributed by atoms with Crippen LogP contribution in [0.4, 0.5) is 0 Å². The van der Waals surface area contributed by atoms with Crippen LogP contribution in [0.2, 0.25) is 0 Å². The SMILES string of the molecule is CO[C@]1(C)C[C@H](NC(=O)[C@@H](C)SC)C1(C)C. The molecule has 0 aromatic carbocycles. The van der Waals surface area contributed by atoms with Crippen LogP contribution in [0.5, 0.6) is 0 Å². The van der Waals surface area contributed by atoms with Gasteiger partial charge in [-0.3, -0.25) is 4.79 Å². The van der Waals surface area contributed by atoms with Gasteiger partial charge in [-0.1, -0.05) is 13.8 Å². The Morgan fingerprint density at radius 2 is 2.06 bits per heavy atom. The number of thioether (sulfide) groups is 1. The zero-order valence-corrected chi connectivity index (χ0v) is 11.9. The minimum absolute atomic E-state index is 0.00443. The molecule has 0 bridgehead atoms. The molecular formula is C12H23NO2S. The van der Waals surface area contributed by atoms with E-state index in [4.69, 9.17) is 4.74 Å². The van der Waals surface area contributed by atoms with Crippen molar-refractivity contribution in [3.8, 4) is 0 Å². The maximum Gasteiger partial charge on any atom is 0.233 e. The van der Waals surface area contributed by atoms with E-state index in [9.17, 15) is 4.79 Å². The van der Waals surface area contributed by atoms with Gasteiger partial charge in [0.25, 0.3) is 0 Å². The second-order valence-corrected chi connectivity index (χ2v) is 6.48. The fraction of sp³-hybridized carbons (Fsp3) is 0.917. The number of carbonyl (C=O) groups excluding carboxylic acids is 1. The maximum atomic E-state index is 11.8. The third-order valence-corrected chi connectivity index (χ3v) is 5.24. The molecule has 0 aliphatic heterocycles. The van der Waals surface area contributed by atoms with E-state index in [-0.39, 0.29) is 28.2 Å². The molecule has 3 atom stereocenters. The molecule has 0 heterocycles. The number of amides is 1.